The van der Waals surface area contributed by atoms with Gasteiger partial charge in [0.05, 0.1) is 13.2 Å². The number of ether oxygens (including phenoxy) is 1. The van der Waals surface area contributed by atoms with Gasteiger partial charge in [-0.25, -0.2) is 0 Å². The lowest BCUT2D eigenvalue weighted by Gasteiger charge is -2.22. The molecule has 0 aliphatic carbocycles. The number of benzene rings is 1. The molecule has 6 heteroatoms. The lowest BCUT2D eigenvalue weighted by atomic mass is 10.1. The van der Waals surface area contributed by atoms with Crippen LogP contribution in [0.4, 0.5) is 0 Å². The van der Waals surface area contributed by atoms with Gasteiger partial charge in [0.25, 0.3) is 0 Å². The van der Waals surface area contributed by atoms with Crippen molar-refractivity contribution in [3.8, 4) is 5.75 Å². The molecule has 1 aliphatic heterocycles. The first kappa shape index (κ1) is 16.3. The Morgan fingerprint density at radius 1 is 1.19 bits per heavy atom. The molecule has 1 aliphatic rings. The summed E-state index contributed by atoms with van der Waals surface area (Å²) in [6.45, 7) is 0.724. The Kier molecular flexibility index (Phi) is 4.39. The zero-order chi connectivity index (χ0) is 17.9. The van der Waals surface area contributed by atoms with Crippen LogP contribution in [0.2, 0.25) is 0 Å². The molecule has 0 spiro atoms. The van der Waals surface area contributed by atoms with Gasteiger partial charge in [-0.1, -0.05) is 24.3 Å². The van der Waals surface area contributed by atoms with Gasteiger partial charge in [0.15, 0.2) is 11.5 Å². The third-order valence-corrected chi connectivity index (χ3v) is 4.72. The smallest absolute Gasteiger partial charge is 0.247 e. The fourth-order valence-electron chi connectivity index (χ4n) is 3.45. The van der Waals surface area contributed by atoms with E-state index in [4.69, 9.17) is 4.74 Å². The van der Waals surface area contributed by atoms with E-state index in [0.717, 1.165) is 42.2 Å². The van der Waals surface area contributed by atoms with Gasteiger partial charge in [-0.15, -0.1) is 10.2 Å². The summed E-state index contributed by atoms with van der Waals surface area (Å²) in [5, 5.41) is 8.54. The monoisotopic (exact) mass is 348 g/mol. The molecule has 0 saturated carbocycles. The van der Waals surface area contributed by atoms with Crippen molar-refractivity contribution >= 4 is 17.6 Å². The van der Waals surface area contributed by atoms with E-state index in [2.05, 4.69) is 10.2 Å². The number of carbonyl (C=O) groups is 1. The van der Waals surface area contributed by atoms with Crippen molar-refractivity contribution in [3.63, 3.8) is 0 Å². The SMILES string of the molecule is COc1ccccc1/C=C/C(=O)N1CCCC1c1nnc2ccccn12. The maximum atomic E-state index is 12.8. The van der Waals surface area contributed by atoms with E-state index in [9.17, 15) is 4.79 Å². The van der Waals surface area contributed by atoms with E-state index in [1.807, 2.05) is 58.0 Å². The molecule has 2 aromatic heterocycles. The Bertz CT molecular complexity index is 963. The quantitative estimate of drug-likeness (QED) is 0.680. The van der Waals surface area contributed by atoms with Gasteiger partial charge < -0.3 is 9.64 Å². The number of nitrogens with zero attached hydrogens (tertiary/aromatic N) is 4. The molecule has 3 aromatic rings. The number of hydrogen-bond donors (Lipinski definition) is 0. The topological polar surface area (TPSA) is 59.7 Å². The van der Waals surface area contributed by atoms with Crippen LogP contribution in [0, 0.1) is 0 Å². The van der Waals surface area contributed by atoms with Gasteiger partial charge in [-0.3, -0.25) is 9.20 Å². The minimum Gasteiger partial charge on any atom is -0.496 e. The van der Waals surface area contributed by atoms with Gasteiger partial charge in [0, 0.05) is 24.4 Å². The largest absolute Gasteiger partial charge is 0.496 e. The van der Waals surface area contributed by atoms with Crippen LogP contribution in [0.15, 0.2) is 54.7 Å². The first-order chi connectivity index (χ1) is 12.8. The summed E-state index contributed by atoms with van der Waals surface area (Å²) in [5.41, 5.74) is 1.68. The molecule has 1 fully saturated rings. The molecule has 4 rings (SSSR count). The third kappa shape index (κ3) is 2.94. The van der Waals surface area contributed by atoms with Crippen LogP contribution in [-0.2, 0) is 4.79 Å². The van der Waals surface area contributed by atoms with Crippen LogP contribution >= 0.6 is 0 Å². The Labute approximate surface area is 151 Å². The normalized spacial score (nSPS) is 17.3. The van der Waals surface area contributed by atoms with Crippen LogP contribution in [-0.4, -0.2) is 39.1 Å². The molecule has 0 bridgehead atoms. The Morgan fingerprint density at radius 2 is 2.04 bits per heavy atom. The van der Waals surface area contributed by atoms with Crippen molar-refractivity contribution in [2.24, 2.45) is 0 Å². The van der Waals surface area contributed by atoms with Crippen molar-refractivity contribution in [1.29, 1.82) is 0 Å². The summed E-state index contributed by atoms with van der Waals surface area (Å²) >= 11 is 0. The van der Waals surface area contributed by atoms with Gasteiger partial charge >= 0.3 is 0 Å². The van der Waals surface area contributed by atoms with Gasteiger partial charge in [0.1, 0.15) is 5.75 Å². The molecule has 3 heterocycles. The highest BCUT2D eigenvalue weighted by Gasteiger charge is 2.32. The zero-order valence-electron chi connectivity index (χ0n) is 14.6. The van der Waals surface area contributed by atoms with Gasteiger partial charge in [-0.2, -0.15) is 0 Å². The molecular formula is C20H20N4O2. The number of rotatable bonds is 4. The summed E-state index contributed by atoms with van der Waals surface area (Å²) in [5.74, 6) is 1.54. The fraction of sp³-hybridized carbons (Fsp3) is 0.250. The van der Waals surface area contributed by atoms with Gasteiger partial charge in [-0.05, 0) is 37.1 Å². The van der Waals surface area contributed by atoms with Crippen LogP contribution in [0.5, 0.6) is 5.75 Å². The summed E-state index contributed by atoms with van der Waals surface area (Å²) in [7, 11) is 1.63. The van der Waals surface area contributed by atoms with Crippen molar-refractivity contribution < 1.29 is 9.53 Å². The third-order valence-electron chi connectivity index (χ3n) is 4.72. The molecule has 1 amide bonds. The standard InChI is InChI=1S/C20H20N4O2/c1-26-17-9-3-2-7-15(17)11-12-19(25)23-14-6-8-16(23)20-22-21-18-10-4-5-13-24(18)20/h2-5,7,9-13,16H,6,8,14H2,1H3/b12-11+. The minimum absolute atomic E-state index is 0.0221. The zero-order valence-corrected chi connectivity index (χ0v) is 14.6. The second-order valence-corrected chi connectivity index (χ2v) is 6.25. The van der Waals surface area contributed by atoms with E-state index < -0.39 is 0 Å². The van der Waals surface area contributed by atoms with Crippen molar-refractivity contribution in [2.75, 3.05) is 13.7 Å². The number of likely N-dealkylation sites (tertiary alicyclic amines) is 1. The first-order valence-corrected chi connectivity index (χ1v) is 8.69. The lowest BCUT2D eigenvalue weighted by molar-refractivity contribution is -0.127. The highest BCUT2D eigenvalue weighted by molar-refractivity contribution is 5.92. The molecule has 0 N–H and O–H groups in total. The number of pyridine rings is 1. The Morgan fingerprint density at radius 3 is 2.92 bits per heavy atom. The van der Waals surface area contributed by atoms with E-state index >= 15 is 0 Å². The highest BCUT2D eigenvalue weighted by atomic mass is 16.5. The second kappa shape index (κ2) is 7.00. The fourth-order valence-corrected chi connectivity index (χ4v) is 3.45. The van der Waals surface area contributed by atoms with E-state index in [-0.39, 0.29) is 11.9 Å². The molecular weight excluding hydrogens is 328 g/mol. The summed E-state index contributed by atoms with van der Waals surface area (Å²) in [6.07, 6.45) is 7.21. The molecule has 6 nitrogen and oxygen atoms in total. The highest BCUT2D eigenvalue weighted by Crippen LogP contribution is 2.31. The number of para-hydroxylation sites is 1. The van der Waals surface area contributed by atoms with Crippen LogP contribution in [0.25, 0.3) is 11.7 Å². The number of hydrogen-bond acceptors (Lipinski definition) is 4. The Balaban J connectivity index is 1.58. The number of amides is 1. The average molecular weight is 348 g/mol. The predicted octanol–water partition coefficient (Wildman–Crippen LogP) is 3.11. The number of carbonyl (C=O) groups excluding carboxylic acids is 1. The van der Waals surface area contributed by atoms with Crippen LogP contribution in [0.3, 0.4) is 0 Å². The van der Waals surface area contributed by atoms with Crippen LogP contribution in [0.1, 0.15) is 30.3 Å². The summed E-state index contributed by atoms with van der Waals surface area (Å²) in [4.78, 5) is 14.7. The summed E-state index contributed by atoms with van der Waals surface area (Å²) < 4.78 is 7.29. The van der Waals surface area contributed by atoms with E-state index in [1.54, 1.807) is 19.3 Å². The lowest BCUT2D eigenvalue weighted by Crippen LogP contribution is -2.30. The number of methoxy groups -OCH3 is 1. The maximum absolute atomic E-state index is 12.8. The molecule has 1 atom stereocenters. The molecule has 132 valence electrons. The van der Waals surface area contributed by atoms with Gasteiger partial charge in [0.2, 0.25) is 5.91 Å². The first-order valence-electron chi connectivity index (χ1n) is 8.69. The molecule has 0 radical (unpaired) electrons. The molecule has 1 saturated heterocycles. The van der Waals surface area contributed by atoms with E-state index in [1.165, 1.54) is 0 Å². The summed E-state index contributed by atoms with van der Waals surface area (Å²) in [6, 6.07) is 13.4. The second-order valence-electron chi connectivity index (χ2n) is 6.25. The Hall–Kier alpha value is -3.15. The van der Waals surface area contributed by atoms with Crippen LogP contribution < -0.4 is 4.74 Å². The molecule has 26 heavy (non-hydrogen) atoms. The number of fused-ring (bicyclic) bond motifs is 1. The predicted molar refractivity (Wildman–Crippen MR) is 98.7 cm³/mol. The van der Waals surface area contributed by atoms with Crippen molar-refractivity contribution in [3.05, 3.63) is 66.1 Å². The molecule has 1 unspecified atom stereocenters. The minimum atomic E-state index is -0.0535. The van der Waals surface area contributed by atoms with Crippen molar-refractivity contribution in [1.82, 2.24) is 19.5 Å². The maximum Gasteiger partial charge on any atom is 0.247 e. The molecule has 1 aromatic carbocycles. The number of aromatic nitrogens is 3. The average Bonchev–Trinajstić information content (AvgIpc) is 3.32. The van der Waals surface area contributed by atoms with Crippen molar-refractivity contribution in [2.45, 2.75) is 18.9 Å². The van der Waals surface area contributed by atoms with E-state index in [0.29, 0.717) is 0 Å².